The number of para-hydroxylation sites is 1. The van der Waals surface area contributed by atoms with Crippen LogP contribution >= 0.6 is 0 Å². The second-order valence-corrected chi connectivity index (χ2v) is 15.1. The number of hydrogen-bond donors (Lipinski definition) is 0. The van der Waals surface area contributed by atoms with Gasteiger partial charge in [0.1, 0.15) is 11.2 Å². The van der Waals surface area contributed by atoms with Crippen molar-refractivity contribution >= 4 is 21.9 Å². The summed E-state index contributed by atoms with van der Waals surface area (Å²) >= 11 is 0. The third kappa shape index (κ3) is 5.43. The highest BCUT2D eigenvalue weighted by molar-refractivity contribution is 6.06. The lowest BCUT2D eigenvalue weighted by Crippen LogP contribution is -2.23. The lowest BCUT2D eigenvalue weighted by molar-refractivity contribution is 0.669. The van der Waals surface area contributed by atoms with E-state index in [2.05, 4.69) is 177 Å². The Morgan fingerprint density at radius 3 is 1.54 bits per heavy atom. The molecule has 0 saturated carbocycles. The van der Waals surface area contributed by atoms with Crippen LogP contribution in [0.4, 0.5) is 0 Å². The zero-order valence-corrected chi connectivity index (χ0v) is 31.4. The first-order valence-corrected chi connectivity index (χ1v) is 19.5. The van der Waals surface area contributed by atoms with E-state index < -0.39 is 0 Å². The summed E-state index contributed by atoms with van der Waals surface area (Å²) in [5.41, 5.74) is 17.4. The molecule has 57 heavy (non-hydrogen) atoms. The largest absolute Gasteiger partial charge is 0.456 e. The zero-order chi connectivity index (χ0) is 37.9. The van der Waals surface area contributed by atoms with E-state index in [1.807, 2.05) is 30.3 Å². The number of fused-ring (bicyclic) bond motifs is 6. The Labute approximate surface area is 331 Å². The summed E-state index contributed by atoms with van der Waals surface area (Å²) in [4.78, 5) is 10.4. The van der Waals surface area contributed by atoms with Crippen molar-refractivity contribution in [3.63, 3.8) is 0 Å². The number of hydrogen-bond acceptors (Lipinski definition) is 3. The fourth-order valence-corrected chi connectivity index (χ4v) is 8.98. The molecule has 0 spiro atoms. The van der Waals surface area contributed by atoms with Crippen molar-refractivity contribution in [2.45, 2.75) is 12.3 Å². The van der Waals surface area contributed by atoms with Crippen LogP contribution in [0.2, 0.25) is 0 Å². The summed E-state index contributed by atoms with van der Waals surface area (Å²) in [5.74, 6) is 0.692. The molecule has 0 bridgehead atoms. The summed E-state index contributed by atoms with van der Waals surface area (Å²) in [7, 11) is 0. The van der Waals surface area contributed by atoms with E-state index in [1.54, 1.807) is 0 Å². The molecule has 3 nitrogen and oxygen atoms in total. The summed E-state index contributed by atoms with van der Waals surface area (Å²) in [5, 5.41) is 2.23. The van der Waals surface area contributed by atoms with Crippen LogP contribution in [0, 0.1) is 0 Å². The summed E-state index contributed by atoms with van der Waals surface area (Å²) in [6.07, 6.45) is 0. The summed E-state index contributed by atoms with van der Waals surface area (Å²) in [6, 6.07) is 71.1. The number of aromatic nitrogens is 2. The predicted molar refractivity (Wildman–Crippen MR) is 234 cm³/mol. The minimum Gasteiger partial charge on any atom is -0.456 e. The first-order valence-electron chi connectivity index (χ1n) is 19.5. The average molecular weight is 729 g/mol. The van der Waals surface area contributed by atoms with E-state index in [9.17, 15) is 0 Å². The molecule has 11 rings (SSSR count). The summed E-state index contributed by atoms with van der Waals surface area (Å²) < 4.78 is 6.13. The molecule has 2 heterocycles. The van der Waals surface area contributed by atoms with Crippen molar-refractivity contribution in [1.29, 1.82) is 0 Å². The van der Waals surface area contributed by atoms with Crippen molar-refractivity contribution < 1.29 is 4.42 Å². The fourth-order valence-electron chi connectivity index (χ4n) is 8.98. The Morgan fingerprint density at radius 1 is 0.351 bits per heavy atom. The SMILES string of the molecule is CC1(c2ccccc2-c2cccc(-c3cc(-c4cccc(-c5ccc6oc7ccccc7c6c5)c4)nc(-c4ccccc4)n3)c2)c2ccccc2-c2ccccc21. The topological polar surface area (TPSA) is 38.9 Å². The Morgan fingerprint density at radius 2 is 0.842 bits per heavy atom. The molecule has 0 fully saturated rings. The molecule has 0 saturated heterocycles. The average Bonchev–Trinajstić information content (AvgIpc) is 3.79. The highest BCUT2D eigenvalue weighted by atomic mass is 16.3. The van der Waals surface area contributed by atoms with Crippen LogP contribution in [0.5, 0.6) is 0 Å². The molecule has 8 aromatic carbocycles. The normalized spacial score (nSPS) is 12.8. The number of benzene rings is 8. The van der Waals surface area contributed by atoms with Gasteiger partial charge in [-0.2, -0.15) is 0 Å². The van der Waals surface area contributed by atoms with Gasteiger partial charge < -0.3 is 4.42 Å². The Hall–Kier alpha value is -7.36. The Bertz CT molecular complexity index is 3110. The minimum atomic E-state index is -0.317. The van der Waals surface area contributed by atoms with Crippen molar-refractivity contribution in [3.8, 4) is 67.3 Å². The van der Waals surface area contributed by atoms with Crippen LogP contribution in [-0.4, -0.2) is 9.97 Å². The molecule has 268 valence electrons. The Kier molecular flexibility index (Phi) is 7.61. The molecular formula is C54H36N2O. The molecule has 0 N–H and O–H groups in total. The third-order valence-electron chi connectivity index (χ3n) is 11.8. The zero-order valence-electron chi connectivity index (χ0n) is 31.4. The fraction of sp³-hybridized carbons (Fsp3) is 0.0370. The van der Waals surface area contributed by atoms with Gasteiger partial charge in [-0.25, -0.2) is 9.97 Å². The number of rotatable bonds is 6. The van der Waals surface area contributed by atoms with Crippen molar-refractivity contribution in [1.82, 2.24) is 9.97 Å². The molecule has 0 radical (unpaired) electrons. The lowest BCUT2D eigenvalue weighted by Gasteiger charge is -2.30. The molecular weight excluding hydrogens is 693 g/mol. The van der Waals surface area contributed by atoms with Crippen molar-refractivity contribution in [3.05, 3.63) is 217 Å². The second-order valence-electron chi connectivity index (χ2n) is 15.1. The third-order valence-corrected chi connectivity index (χ3v) is 11.8. The highest BCUT2D eigenvalue weighted by Gasteiger charge is 2.41. The van der Waals surface area contributed by atoms with Gasteiger partial charge >= 0.3 is 0 Å². The van der Waals surface area contributed by atoms with E-state index in [0.717, 1.165) is 66.7 Å². The quantitative estimate of drug-likeness (QED) is 0.171. The van der Waals surface area contributed by atoms with E-state index in [-0.39, 0.29) is 5.41 Å². The maximum Gasteiger partial charge on any atom is 0.160 e. The van der Waals surface area contributed by atoms with Crippen molar-refractivity contribution in [2.75, 3.05) is 0 Å². The van der Waals surface area contributed by atoms with Crippen LogP contribution in [0.25, 0.3) is 89.2 Å². The van der Waals surface area contributed by atoms with E-state index >= 15 is 0 Å². The number of furan rings is 1. The summed E-state index contributed by atoms with van der Waals surface area (Å²) in [6.45, 7) is 2.38. The van der Waals surface area contributed by atoms with Gasteiger partial charge in [0, 0.05) is 32.9 Å². The van der Waals surface area contributed by atoms with Crippen LogP contribution in [0.3, 0.4) is 0 Å². The second kappa shape index (κ2) is 13.1. The first kappa shape index (κ1) is 33.0. The van der Waals surface area contributed by atoms with Crippen LogP contribution in [-0.2, 0) is 5.41 Å². The first-order chi connectivity index (χ1) is 28.1. The molecule has 3 heteroatoms. The molecule has 1 aliphatic carbocycles. The van der Waals surface area contributed by atoms with Crippen LogP contribution in [0.1, 0.15) is 23.6 Å². The molecule has 0 unspecified atom stereocenters. The standard InChI is InChI=1S/C54H36N2O/c1-54(47-26-10-6-22-42(47)43-23-7-11-27-48(43)54)46-25-9-5-21-41(46)38-18-14-20-40(32-38)50-34-49(55-53(56-50)35-15-3-2-4-16-35)39-19-13-17-36(31-39)37-29-30-52-45(33-37)44-24-8-12-28-51(44)57-52/h2-34H,1H3. The van der Waals surface area contributed by atoms with Gasteiger partial charge in [-0.05, 0) is 93.4 Å². The maximum absolute atomic E-state index is 6.13. The smallest absolute Gasteiger partial charge is 0.160 e. The highest BCUT2D eigenvalue weighted by Crippen LogP contribution is 2.54. The van der Waals surface area contributed by atoms with Gasteiger partial charge in [-0.15, -0.1) is 0 Å². The van der Waals surface area contributed by atoms with Gasteiger partial charge in [-0.1, -0.05) is 164 Å². The van der Waals surface area contributed by atoms with E-state index in [1.165, 1.54) is 33.4 Å². The maximum atomic E-state index is 6.13. The molecule has 1 aliphatic rings. The molecule has 10 aromatic rings. The van der Waals surface area contributed by atoms with Gasteiger partial charge in [-0.3, -0.25) is 0 Å². The van der Waals surface area contributed by atoms with Gasteiger partial charge in [0.2, 0.25) is 0 Å². The van der Waals surface area contributed by atoms with Gasteiger partial charge in [0.05, 0.1) is 11.4 Å². The molecule has 0 atom stereocenters. The minimum absolute atomic E-state index is 0.317. The Balaban J connectivity index is 1.03. The molecule has 2 aromatic heterocycles. The van der Waals surface area contributed by atoms with Crippen molar-refractivity contribution in [2.24, 2.45) is 0 Å². The van der Waals surface area contributed by atoms with E-state index in [4.69, 9.17) is 14.4 Å². The van der Waals surface area contributed by atoms with Gasteiger partial charge in [0.25, 0.3) is 0 Å². The monoisotopic (exact) mass is 728 g/mol. The number of nitrogens with zero attached hydrogens (tertiary/aromatic N) is 2. The molecule has 0 aliphatic heterocycles. The predicted octanol–water partition coefficient (Wildman–Crippen LogP) is 14.0. The molecule has 0 amide bonds. The van der Waals surface area contributed by atoms with Crippen LogP contribution < -0.4 is 0 Å². The van der Waals surface area contributed by atoms with Crippen LogP contribution in [0.15, 0.2) is 205 Å². The van der Waals surface area contributed by atoms with E-state index in [0.29, 0.717) is 5.82 Å². The lowest BCUT2D eigenvalue weighted by atomic mass is 9.71. The van der Waals surface area contributed by atoms with Gasteiger partial charge in [0.15, 0.2) is 5.82 Å².